The van der Waals surface area contributed by atoms with E-state index in [0.29, 0.717) is 17.9 Å². The van der Waals surface area contributed by atoms with E-state index in [1.54, 1.807) is 0 Å². The molecule has 0 bridgehead atoms. The molecule has 0 saturated carbocycles. The van der Waals surface area contributed by atoms with Crippen LogP contribution < -0.4 is 10.6 Å². The molecule has 2 aliphatic rings. The van der Waals surface area contributed by atoms with Crippen LogP contribution in [0.3, 0.4) is 0 Å². The number of nitrogens with two attached hydrogens (primary N) is 1. The first-order valence-corrected chi connectivity index (χ1v) is 6.97. The molecule has 2 unspecified atom stereocenters. The van der Waals surface area contributed by atoms with Crippen molar-refractivity contribution < 1.29 is 0 Å². The minimum Gasteiger partial charge on any atom is -0.384 e. The molecule has 0 aliphatic carbocycles. The average molecular weight is 246 g/mol. The van der Waals surface area contributed by atoms with E-state index in [1.807, 2.05) is 12.1 Å². The van der Waals surface area contributed by atoms with Crippen LogP contribution in [-0.4, -0.2) is 41.6 Å². The standard InChI is InChI=1S/C14H22N4/c1-11-9-17-8-3-2-5-12(17)10-18(11)14-7-4-6-13(15)16-14/h4,6-7,11-12H,2-3,5,8-10H2,1H3,(H2,15,16). The first-order chi connectivity index (χ1) is 8.74. The van der Waals surface area contributed by atoms with Gasteiger partial charge in [0.25, 0.3) is 0 Å². The number of piperazine rings is 1. The van der Waals surface area contributed by atoms with E-state index in [-0.39, 0.29) is 0 Å². The number of nitrogens with zero attached hydrogens (tertiary/aromatic N) is 3. The summed E-state index contributed by atoms with van der Waals surface area (Å²) >= 11 is 0. The van der Waals surface area contributed by atoms with Crippen LogP contribution in [0.2, 0.25) is 0 Å². The highest BCUT2D eigenvalue weighted by atomic mass is 15.3. The van der Waals surface area contributed by atoms with Gasteiger partial charge in [-0.05, 0) is 38.4 Å². The van der Waals surface area contributed by atoms with Crippen LogP contribution in [0, 0.1) is 0 Å². The van der Waals surface area contributed by atoms with Crippen LogP contribution in [0.1, 0.15) is 26.2 Å². The summed E-state index contributed by atoms with van der Waals surface area (Å²) in [6, 6.07) is 7.15. The van der Waals surface area contributed by atoms with E-state index in [1.165, 1.54) is 25.8 Å². The summed E-state index contributed by atoms with van der Waals surface area (Å²) in [4.78, 5) is 9.54. The van der Waals surface area contributed by atoms with Crippen molar-refractivity contribution in [2.24, 2.45) is 0 Å². The lowest BCUT2D eigenvalue weighted by Gasteiger charge is -2.48. The highest BCUT2D eigenvalue weighted by Gasteiger charge is 2.33. The van der Waals surface area contributed by atoms with Crippen LogP contribution >= 0.6 is 0 Å². The van der Waals surface area contributed by atoms with Gasteiger partial charge in [0.2, 0.25) is 0 Å². The maximum Gasteiger partial charge on any atom is 0.131 e. The molecule has 2 atom stereocenters. The molecule has 0 radical (unpaired) electrons. The Hall–Kier alpha value is -1.29. The van der Waals surface area contributed by atoms with Gasteiger partial charge >= 0.3 is 0 Å². The zero-order valence-electron chi connectivity index (χ0n) is 11.0. The lowest BCUT2D eigenvalue weighted by molar-refractivity contribution is 0.115. The van der Waals surface area contributed by atoms with Crippen molar-refractivity contribution in [3.8, 4) is 0 Å². The molecule has 1 aromatic rings. The van der Waals surface area contributed by atoms with Gasteiger partial charge in [0.05, 0.1) is 0 Å². The van der Waals surface area contributed by atoms with Gasteiger partial charge in [-0.15, -0.1) is 0 Å². The predicted molar refractivity (Wildman–Crippen MR) is 74.7 cm³/mol. The Morgan fingerprint density at radius 3 is 3.00 bits per heavy atom. The zero-order chi connectivity index (χ0) is 12.5. The van der Waals surface area contributed by atoms with Crippen LogP contribution in [0.5, 0.6) is 0 Å². The van der Waals surface area contributed by atoms with Crippen molar-refractivity contribution in [2.45, 2.75) is 38.3 Å². The number of pyridine rings is 1. The van der Waals surface area contributed by atoms with Crippen molar-refractivity contribution in [3.05, 3.63) is 18.2 Å². The third-order valence-corrected chi connectivity index (χ3v) is 4.24. The minimum atomic E-state index is 0.522. The average Bonchev–Trinajstić information content (AvgIpc) is 2.38. The molecule has 0 aromatic carbocycles. The molecule has 2 fully saturated rings. The smallest absolute Gasteiger partial charge is 0.131 e. The van der Waals surface area contributed by atoms with Crippen molar-refractivity contribution in [2.75, 3.05) is 30.3 Å². The molecule has 2 aliphatic heterocycles. The number of rotatable bonds is 1. The van der Waals surface area contributed by atoms with Gasteiger partial charge in [-0.2, -0.15) is 0 Å². The number of nitrogen functional groups attached to an aromatic ring is 1. The van der Waals surface area contributed by atoms with Crippen LogP contribution in [0.15, 0.2) is 18.2 Å². The van der Waals surface area contributed by atoms with Gasteiger partial charge < -0.3 is 10.6 Å². The second kappa shape index (κ2) is 4.76. The van der Waals surface area contributed by atoms with Crippen molar-refractivity contribution >= 4 is 11.6 Å². The van der Waals surface area contributed by atoms with Gasteiger partial charge in [0.1, 0.15) is 11.6 Å². The van der Waals surface area contributed by atoms with Gasteiger partial charge in [-0.25, -0.2) is 4.98 Å². The second-order valence-electron chi connectivity index (χ2n) is 5.57. The summed E-state index contributed by atoms with van der Waals surface area (Å²) in [7, 11) is 0. The Labute approximate surface area is 109 Å². The lowest BCUT2D eigenvalue weighted by Crippen LogP contribution is -2.59. The number of hydrogen-bond donors (Lipinski definition) is 1. The maximum atomic E-state index is 5.79. The molecule has 0 spiro atoms. The third kappa shape index (κ3) is 2.17. The molecule has 2 N–H and O–H groups in total. The zero-order valence-corrected chi connectivity index (χ0v) is 11.0. The van der Waals surface area contributed by atoms with Gasteiger partial charge in [0.15, 0.2) is 0 Å². The quantitative estimate of drug-likeness (QED) is 0.819. The molecule has 2 saturated heterocycles. The summed E-state index contributed by atoms with van der Waals surface area (Å²) in [5.74, 6) is 1.65. The van der Waals surface area contributed by atoms with E-state index in [0.717, 1.165) is 18.9 Å². The molecule has 1 aromatic heterocycles. The molecule has 3 rings (SSSR count). The summed E-state index contributed by atoms with van der Waals surface area (Å²) in [5.41, 5.74) is 5.79. The Kier molecular flexibility index (Phi) is 3.12. The lowest BCUT2D eigenvalue weighted by atomic mass is 9.97. The fourth-order valence-corrected chi connectivity index (χ4v) is 3.27. The Bertz CT molecular complexity index is 420. The number of anilines is 2. The number of fused-ring (bicyclic) bond motifs is 1. The van der Waals surface area contributed by atoms with Crippen molar-refractivity contribution in [1.29, 1.82) is 0 Å². The van der Waals surface area contributed by atoms with Crippen molar-refractivity contribution in [3.63, 3.8) is 0 Å². The highest BCUT2D eigenvalue weighted by molar-refractivity contribution is 5.46. The molecule has 4 heteroatoms. The van der Waals surface area contributed by atoms with E-state index in [2.05, 4.69) is 27.8 Å². The molecule has 98 valence electrons. The fraction of sp³-hybridized carbons (Fsp3) is 0.643. The fourth-order valence-electron chi connectivity index (χ4n) is 3.27. The normalized spacial score (nSPS) is 29.1. The van der Waals surface area contributed by atoms with Crippen LogP contribution in [0.4, 0.5) is 11.6 Å². The third-order valence-electron chi connectivity index (χ3n) is 4.24. The maximum absolute atomic E-state index is 5.79. The van der Waals surface area contributed by atoms with Gasteiger partial charge in [-0.3, -0.25) is 4.90 Å². The minimum absolute atomic E-state index is 0.522. The van der Waals surface area contributed by atoms with Crippen LogP contribution in [-0.2, 0) is 0 Å². The first-order valence-electron chi connectivity index (χ1n) is 6.97. The van der Waals surface area contributed by atoms with Gasteiger partial charge in [0, 0.05) is 25.2 Å². The van der Waals surface area contributed by atoms with Gasteiger partial charge in [-0.1, -0.05) is 12.5 Å². The monoisotopic (exact) mass is 246 g/mol. The molecule has 0 amide bonds. The number of hydrogen-bond acceptors (Lipinski definition) is 4. The Balaban J connectivity index is 1.80. The Morgan fingerprint density at radius 2 is 2.17 bits per heavy atom. The summed E-state index contributed by atoms with van der Waals surface area (Å²) in [6.07, 6.45) is 4.05. The van der Waals surface area contributed by atoms with Crippen molar-refractivity contribution in [1.82, 2.24) is 9.88 Å². The first kappa shape index (κ1) is 11.8. The Morgan fingerprint density at radius 1 is 1.28 bits per heavy atom. The van der Waals surface area contributed by atoms with E-state index in [4.69, 9.17) is 5.73 Å². The summed E-state index contributed by atoms with van der Waals surface area (Å²) in [5, 5.41) is 0. The highest BCUT2D eigenvalue weighted by Crippen LogP contribution is 2.27. The topological polar surface area (TPSA) is 45.4 Å². The largest absolute Gasteiger partial charge is 0.384 e. The number of aromatic nitrogens is 1. The van der Waals surface area contributed by atoms with E-state index >= 15 is 0 Å². The summed E-state index contributed by atoms with van der Waals surface area (Å²) in [6.45, 7) is 5.81. The second-order valence-corrected chi connectivity index (χ2v) is 5.57. The van der Waals surface area contributed by atoms with E-state index < -0.39 is 0 Å². The number of piperidine rings is 1. The molecule has 3 heterocycles. The molecular weight excluding hydrogens is 224 g/mol. The van der Waals surface area contributed by atoms with Crippen LogP contribution in [0.25, 0.3) is 0 Å². The van der Waals surface area contributed by atoms with E-state index in [9.17, 15) is 0 Å². The molecular formula is C14H22N4. The summed E-state index contributed by atoms with van der Waals surface area (Å²) < 4.78 is 0. The molecule has 18 heavy (non-hydrogen) atoms. The molecule has 4 nitrogen and oxygen atoms in total. The SMILES string of the molecule is CC1CN2CCCCC2CN1c1cccc(N)n1. The predicted octanol–water partition coefficient (Wildman–Crippen LogP) is 1.73.